The van der Waals surface area contributed by atoms with Gasteiger partial charge in [0.15, 0.2) is 0 Å². The SMILES string of the molecule is [2H]C(CCCCCCC)NCC(N)=O. The van der Waals surface area contributed by atoms with Gasteiger partial charge in [0.1, 0.15) is 0 Å². The third-order valence-corrected chi connectivity index (χ3v) is 1.87. The standard InChI is InChI=1S/C10H22N2O/c1-2-3-4-5-6-7-8-12-9-10(11)13/h12H,2-9H2,1H3,(H2,11,13)/i8D. The van der Waals surface area contributed by atoms with E-state index in [9.17, 15) is 4.79 Å². The van der Waals surface area contributed by atoms with E-state index in [2.05, 4.69) is 12.2 Å². The zero-order valence-electron chi connectivity index (χ0n) is 9.51. The molecule has 0 aromatic heterocycles. The molecule has 0 saturated heterocycles. The van der Waals surface area contributed by atoms with Crippen LogP contribution < -0.4 is 11.1 Å². The van der Waals surface area contributed by atoms with Crippen LogP contribution in [-0.2, 0) is 4.79 Å². The predicted molar refractivity (Wildman–Crippen MR) is 55.4 cm³/mol. The van der Waals surface area contributed by atoms with Crippen LogP contribution in [0.5, 0.6) is 0 Å². The normalized spacial score (nSPS) is 13.8. The zero-order valence-corrected chi connectivity index (χ0v) is 8.51. The highest BCUT2D eigenvalue weighted by atomic mass is 16.1. The van der Waals surface area contributed by atoms with Gasteiger partial charge >= 0.3 is 0 Å². The second-order valence-corrected chi connectivity index (χ2v) is 3.25. The summed E-state index contributed by atoms with van der Waals surface area (Å²) in [5.41, 5.74) is 4.95. The lowest BCUT2D eigenvalue weighted by Crippen LogP contribution is -2.29. The molecule has 0 bridgehead atoms. The number of primary amides is 1. The van der Waals surface area contributed by atoms with Crippen molar-refractivity contribution in [2.45, 2.75) is 45.4 Å². The first-order valence-corrected chi connectivity index (χ1v) is 5.10. The minimum absolute atomic E-state index is 0.114. The summed E-state index contributed by atoms with van der Waals surface area (Å²) in [6.45, 7) is 1.95. The van der Waals surface area contributed by atoms with Crippen molar-refractivity contribution >= 4 is 5.91 Å². The number of nitrogens with two attached hydrogens (primary N) is 1. The van der Waals surface area contributed by atoms with Gasteiger partial charge in [-0.15, -0.1) is 0 Å². The number of hydrogen-bond donors (Lipinski definition) is 2. The highest BCUT2D eigenvalue weighted by molar-refractivity contribution is 5.75. The minimum Gasteiger partial charge on any atom is -0.369 e. The summed E-state index contributed by atoms with van der Waals surface area (Å²) in [4.78, 5) is 10.4. The van der Waals surface area contributed by atoms with Gasteiger partial charge in [0.05, 0.1) is 6.54 Å². The van der Waals surface area contributed by atoms with E-state index < -0.39 is 5.91 Å². The molecular formula is C10H22N2O. The van der Waals surface area contributed by atoms with Crippen LogP contribution in [0.1, 0.15) is 46.8 Å². The molecule has 0 aromatic carbocycles. The Kier molecular flexibility index (Phi) is 7.69. The maximum absolute atomic E-state index is 10.4. The Morgan fingerprint density at radius 1 is 1.31 bits per heavy atom. The van der Waals surface area contributed by atoms with Crippen LogP contribution in [-0.4, -0.2) is 19.0 Å². The van der Waals surface area contributed by atoms with Gasteiger partial charge in [-0.3, -0.25) is 4.79 Å². The van der Waals surface area contributed by atoms with Crippen molar-refractivity contribution in [2.75, 3.05) is 13.1 Å². The van der Waals surface area contributed by atoms with Gasteiger partial charge in [-0.1, -0.05) is 39.0 Å². The number of nitrogens with one attached hydrogen (secondary N) is 1. The van der Waals surface area contributed by atoms with Gasteiger partial charge in [-0.2, -0.15) is 0 Å². The summed E-state index contributed by atoms with van der Waals surface area (Å²) in [6.07, 6.45) is 6.80. The fourth-order valence-electron chi connectivity index (χ4n) is 1.12. The molecule has 0 aliphatic heterocycles. The Labute approximate surface area is 82.5 Å². The monoisotopic (exact) mass is 187 g/mol. The Hall–Kier alpha value is -0.570. The van der Waals surface area contributed by atoms with Gasteiger partial charge in [-0.05, 0) is 12.9 Å². The molecule has 0 heterocycles. The molecule has 0 aliphatic rings. The Morgan fingerprint density at radius 2 is 1.92 bits per heavy atom. The summed E-state index contributed by atoms with van der Waals surface area (Å²) in [7, 11) is 0. The lowest BCUT2D eigenvalue weighted by Gasteiger charge is -2.01. The molecule has 0 saturated carbocycles. The van der Waals surface area contributed by atoms with Crippen LogP contribution in [0.4, 0.5) is 0 Å². The number of amides is 1. The summed E-state index contributed by atoms with van der Waals surface area (Å²) in [6, 6.07) is 0. The summed E-state index contributed by atoms with van der Waals surface area (Å²) in [5, 5.41) is 2.77. The van der Waals surface area contributed by atoms with Crippen LogP contribution in [0.3, 0.4) is 0 Å². The molecule has 0 aliphatic carbocycles. The van der Waals surface area contributed by atoms with Crippen LogP contribution in [0, 0.1) is 0 Å². The predicted octanol–water partition coefficient (Wildman–Crippen LogP) is 1.42. The number of carbonyl (C=O) groups excluding carboxylic acids is 1. The van der Waals surface area contributed by atoms with Crippen LogP contribution in [0.2, 0.25) is 0 Å². The second-order valence-electron chi connectivity index (χ2n) is 3.25. The molecule has 0 rings (SSSR count). The van der Waals surface area contributed by atoms with Crippen molar-refractivity contribution < 1.29 is 6.17 Å². The molecule has 13 heavy (non-hydrogen) atoms. The third kappa shape index (κ3) is 11.4. The lowest BCUT2D eigenvalue weighted by atomic mass is 10.1. The highest BCUT2D eigenvalue weighted by Gasteiger charge is 1.92. The van der Waals surface area contributed by atoms with E-state index in [0.717, 1.165) is 12.8 Å². The van der Waals surface area contributed by atoms with Crippen LogP contribution in [0.25, 0.3) is 0 Å². The third-order valence-electron chi connectivity index (χ3n) is 1.87. The highest BCUT2D eigenvalue weighted by Crippen LogP contribution is 2.03. The van der Waals surface area contributed by atoms with E-state index in [0.29, 0.717) is 0 Å². The molecule has 1 amide bonds. The van der Waals surface area contributed by atoms with E-state index in [1.807, 2.05) is 0 Å². The molecule has 0 radical (unpaired) electrons. The van der Waals surface area contributed by atoms with Crippen molar-refractivity contribution in [2.24, 2.45) is 5.73 Å². The van der Waals surface area contributed by atoms with Crippen molar-refractivity contribution in [1.29, 1.82) is 0 Å². The van der Waals surface area contributed by atoms with E-state index in [-0.39, 0.29) is 13.1 Å². The van der Waals surface area contributed by atoms with Gasteiger partial charge in [0, 0.05) is 1.37 Å². The molecular weight excluding hydrogens is 164 g/mol. The quantitative estimate of drug-likeness (QED) is 0.536. The van der Waals surface area contributed by atoms with E-state index in [1.165, 1.54) is 25.7 Å². The first-order chi connectivity index (χ1) is 6.66. The Balaban J connectivity index is 3.18. The minimum atomic E-state index is -0.395. The molecule has 0 aromatic rings. The van der Waals surface area contributed by atoms with Crippen molar-refractivity contribution in [3.05, 3.63) is 0 Å². The summed E-state index contributed by atoms with van der Waals surface area (Å²) < 4.78 is 7.53. The molecule has 0 fully saturated rings. The van der Waals surface area contributed by atoms with Crippen LogP contribution >= 0.6 is 0 Å². The van der Waals surface area contributed by atoms with Crippen molar-refractivity contribution in [3.8, 4) is 0 Å². The zero-order chi connectivity index (χ0) is 10.8. The maximum Gasteiger partial charge on any atom is 0.231 e. The topological polar surface area (TPSA) is 55.1 Å². The average Bonchev–Trinajstić information content (AvgIpc) is 2.14. The van der Waals surface area contributed by atoms with Gasteiger partial charge < -0.3 is 11.1 Å². The number of rotatable bonds is 9. The smallest absolute Gasteiger partial charge is 0.231 e. The molecule has 1 atom stereocenters. The summed E-state index contributed by atoms with van der Waals surface area (Å²) in [5.74, 6) is -0.395. The molecule has 78 valence electrons. The fourth-order valence-corrected chi connectivity index (χ4v) is 1.12. The fraction of sp³-hybridized carbons (Fsp3) is 0.900. The molecule has 3 nitrogen and oxygen atoms in total. The number of hydrogen-bond acceptors (Lipinski definition) is 2. The Bertz CT molecular complexity index is 153. The molecule has 0 spiro atoms. The first kappa shape index (κ1) is 10.5. The largest absolute Gasteiger partial charge is 0.369 e. The van der Waals surface area contributed by atoms with Gasteiger partial charge in [0.2, 0.25) is 5.91 Å². The van der Waals surface area contributed by atoms with Crippen molar-refractivity contribution in [1.82, 2.24) is 5.32 Å². The number of carbonyl (C=O) groups is 1. The van der Waals surface area contributed by atoms with Crippen LogP contribution in [0.15, 0.2) is 0 Å². The molecule has 1 unspecified atom stereocenters. The average molecular weight is 187 g/mol. The van der Waals surface area contributed by atoms with Gasteiger partial charge in [0.25, 0.3) is 0 Å². The molecule has 3 heteroatoms. The Morgan fingerprint density at radius 3 is 2.54 bits per heavy atom. The van der Waals surface area contributed by atoms with E-state index in [1.54, 1.807) is 0 Å². The lowest BCUT2D eigenvalue weighted by molar-refractivity contribution is -0.117. The van der Waals surface area contributed by atoms with Gasteiger partial charge in [-0.25, -0.2) is 0 Å². The van der Waals surface area contributed by atoms with E-state index in [4.69, 9.17) is 7.10 Å². The first-order valence-electron chi connectivity index (χ1n) is 5.68. The van der Waals surface area contributed by atoms with E-state index >= 15 is 0 Å². The molecule has 3 N–H and O–H groups in total. The second kappa shape index (κ2) is 9.52. The number of unbranched alkanes of at least 4 members (excludes halogenated alkanes) is 4. The summed E-state index contributed by atoms with van der Waals surface area (Å²) >= 11 is 0. The maximum atomic E-state index is 10.4. The van der Waals surface area contributed by atoms with Crippen molar-refractivity contribution in [3.63, 3.8) is 0 Å².